The van der Waals surface area contributed by atoms with E-state index in [1.807, 2.05) is 30.3 Å². The third-order valence-electron chi connectivity index (χ3n) is 4.41. The smallest absolute Gasteiger partial charge is 0.241 e. The standard InChI is InChI=1S/C22H25ClN4O3/c1-22(2,24)21(28)25-18(13-29-12-15-6-4-3-5-7-15)19-14-30-20(27-26-19)16-8-10-17(23)11-9-16/h3-11,18H,12-14,24H2,1-2H3,(H,25,28)/t18-/m1/s1. The molecule has 30 heavy (non-hydrogen) atoms. The van der Waals surface area contributed by atoms with Gasteiger partial charge in [0.2, 0.25) is 11.8 Å². The van der Waals surface area contributed by atoms with Crippen LogP contribution in [0.2, 0.25) is 5.02 Å². The van der Waals surface area contributed by atoms with Gasteiger partial charge in [0.25, 0.3) is 0 Å². The summed E-state index contributed by atoms with van der Waals surface area (Å²) in [4.78, 5) is 12.4. The summed E-state index contributed by atoms with van der Waals surface area (Å²) in [7, 11) is 0. The molecule has 1 aliphatic heterocycles. The molecule has 0 bridgehead atoms. The quantitative estimate of drug-likeness (QED) is 0.675. The fourth-order valence-electron chi connectivity index (χ4n) is 2.65. The Balaban J connectivity index is 1.71. The lowest BCUT2D eigenvalue weighted by atomic mass is 10.0. The molecule has 0 saturated carbocycles. The maximum Gasteiger partial charge on any atom is 0.241 e. The first kappa shape index (κ1) is 22.0. The highest BCUT2D eigenvalue weighted by Crippen LogP contribution is 2.14. The number of carbonyl (C=O) groups is 1. The van der Waals surface area contributed by atoms with Crippen LogP contribution in [0.5, 0.6) is 0 Å². The van der Waals surface area contributed by atoms with Gasteiger partial charge in [0.1, 0.15) is 12.3 Å². The molecule has 0 spiro atoms. The Kier molecular flexibility index (Phi) is 7.20. The van der Waals surface area contributed by atoms with Gasteiger partial charge in [-0.3, -0.25) is 4.79 Å². The van der Waals surface area contributed by atoms with Gasteiger partial charge in [0.15, 0.2) is 0 Å². The summed E-state index contributed by atoms with van der Waals surface area (Å²) >= 11 is 5.92. The van der Waals surface area contributed by atoms with Crippen molar-refractivity contribution in [2.75, 3.05) is 13.2 Å². The second-order valence-electron chi connectivity index (χ2n) is 7.54. The molecule has 8 heteroatoms. The van der Waals surface area contributed by atoms with Crippen LogP contribution in [0.4, 0.5) is 0 Å². The first-order valence-corrected chi connectivity index (χ1v) is 9.95. The number of ether oxygens (including phenoxy) is 2. The lowest BCUT2D eigenvalue weighted by molar-refractivity contribution is -0.125. The van der Waals surface area contributed by atoms with Gasteiger partial charge in [-0.15, -0.1) is 5.10 Å². The fraction of sp³-hybridized carbons (Fsp3) is 0.318. The third kappa shape index (κ3) is 6.13. The predicted molar refractivity (Wildman–Crippen MR) is 118 cm³/mol. The molecule has 1 heterocycles. The molecule has 0 fully saturated rings. The van der Waals surface area contributed by atoms with Gasteiger partial charge in [-0.05, 0) is 43.7 Å². The highest BCUT2D eigenvalue weighted by Gasteiger charge is 2.29. The Morgan fingerprint density at radius 2 is 1.90 bits per heavy atom. The molecule has 3 rings (SSSR count). The number of hydrogen-bond acceptors (Lipinski definition) is 6. The summed E-state index contributed by atoms with van der Waals surface area (Å²) in [6.45, 7) is 4.07. The number of benzene rings is 2. The second kappa shape index (κ2) is 9.84. The summed E-state index contributed by atoms with van der Waals surface area (Å²) in [6, 6.07) is 16.4. The van der Waals surface area contributed by atoms with Crippen molar-refractivity contribution in [3.63, 3.8) is 0 Å². The average Bonchev–Trinajstić information content (AvgIpc) is 2.74. The Bertz CT molecular complexity index is 922. The van der Waals surface area contributed by atoms with E-state index in [-0.39, 0.29) is 19.1 Å². The van der Waals surface area contributed by atoms with Gasteiger partial charge in [0, 0.05) is 10.6 Å². The van der Waals surface area contributed by atoms with Crippen LogP contribution in [0.25, 0.3) is 0 Å². The minimum Gasteiger partial charge on any atom is -0.470 e. The van der Waals surface area contributed by atoms with Gasteiger partial charge in [-0.2, -0.15) is 5.10 Å². The van der Waals surface area contributed by atoms with E-state index >= 15 is 0 Å². The molecular weight excluding hydrogens is 404 g/mol. The fourth-order valence-corrected chi connectivity index (χ4v) is 2.77. The molecule has 0 saturated heterocycles. The predicted octanol–water partition coefficient (Wildman–Crippen LogP) is 2.91. The highest BCUT2D eigenvalue weighted by molar-refractivity contribution is 6.30. The van der Waals surface area contributed by atoms with E-state index in [9.17, 15) is 4.79 Å². The number of nitrogens with zero attached hydrogens (tertiary/aromatic N) is 2. The number of rotatable bonds is 8. The minimum atomic E-state index is -1.04. The lowest BCUT2D eigenvalue weighted by Gasteiger charge is -2.26. The maximum absolute atomic E-state index is 12.4. The maximum atomic E-state index is 12.4. The van der Waals surface area contributed by atoms with E-state index in [1.165, 1.54) is 0 Å². The van der Waals surface area contributed by atoms with Gasteiger partial charge in [-0.25, -0.2) is 0 Å². The Hall–Kier alpha value is -2.74. The van der Waals surface area contributed by atoms with E-state index in [0.29, 0.717) is 23.2 Å². The summed E-state index contributed by atoms with van der Waals surface area (Å²) in [5, 5.41) is 12.0. The van der Waals surface area contributed by atoms with Crippen molar-refractivity contribution in [3.05, 3.63) is 70.7 Å². The van der Waals surface area contributed by atoms with Crippen LogP contribution in [-0.4, -0.2) is 42.3 Å². The molecule has 1 atom stereocenters. The van der Waals surface area contributed by atoms with Gasteiger partial charge in [0.05, 0.1) is 24.8 Å². The van der Waals surface area contributed by atoms with Crippen molar-refractivity contribution in [2.24, 2.45) is 15.9 Å². The Morgan fingerprint density at radius 1 is 1.20 bits per heavy atom. The molecule has 7 nitrogen and oxygen atoms in total. The van der Waals surface area contributed by atoms with Crippen LogP contribution < -0.4 is 11.1 Å². The Labute approximate surface area is 180 Å². The first-order valence-electron chi connectivity index (χ1n) is 9.57. The molecule has 0 aromatic heterocycles. The molecule has 1 amide bonds. The zero-order valence-corrected chi connectivity index (χ0v) is 17.7. The van der Waals surface area contributed by atoms with Crippen molar-refractivity contribution < 1.29 is 14.3 Å². The van der Waals surface area contributed by atoms with E-state index in [2.05, 4.69) is 15.5 Å². The summed E-state index contributed by atoms with van der Waals surface area (Å²) in [5.74, 6) is 0.0795. The average molecular weight is 429 g/mol. The van der Waals surface area contributed by atoms with Crippen molar-refractivity contribution in [1.29, 1.82) is 0 Å². The van der Waals surface area contributed by atoms with Gasteiger partial charge >= 0.3 is 0 Å². The molecular formula is C22H25ClN4O3. The summed E-state index contributed by atoms with van der Waals surface area (Å²) < 4.78 is 11.6. The normalized spacial score (nSPS) is 14.9. The minimum absolute atomic E-state index is 0.173. The number of hydrogen-bond donors (Lipinski definition) is 2. The van der Waals surface area contributed by atoms with Crippen LogP contribution in [0.1, 0.15) is 25.0 Å². The largest absolute Gasteiger partial charge is 0.470 e. The molecule has 2 aromatic carbocycles. The number of halogens is 1. The number of nitrogens with two attached hydrogens (primary N) is 1. The van der Waals surface area contributed by atoms with Crippen molar-refractivity contribution in [2.45, 2.75) is 32.0 Å². The first-order chi connectivity index (χ1) is 14.3. The third-order valence-corrected chi connectivity index (χ3v) is 4.66. The molecule has 0 radical (unpaired) electrons. The molecule has 1 aliphatic rings. The van der Waals surface area contributed by atoms with Crippen LogP contribution in [0.15, 0.2) is 64.8 Å². The number of nitrogens with one attached hydrogen (secondary N) is 1. The van der Waals surface area contributed by atoms with Crippen LogP contribution in [-0.2, 0) is 20.9 Å². The number of amides is 1. The van der Waals surface area contributed by atoms with Crippen LogP contribution in [0, 0.1) is 0 Å². The van der Waals surface area contributed by atoms with Crippen molar-refractivity contribution in [1.82, 2.24) is 5.32 Å². The SMILES string of the molecule is CC(C)(N)C(=O)N[C@H](COCc1ccccc1)C1=NN=C(c2ccc(Cl)cc2)OC1. The Morgan fingerprint density at radius 3 is 2.50 bits per heavy atom. The molecule has 0 unspecified atom stereocenters. The van der Waals surface area contributed by atoms with E-state index in [1.54, 1.807) is 38.1 Å². The van der Waals surface area contributed by atoms with Crippen molar-refractivity contribution >= 4 is 29.1 Å². The van der Waals surface area contributed by atoms with Crippen LogP contribution in [0.3, 0.4) is 0 Å². The molecule has 0 aliphatic carbocycles. The molecule has 2 aromatic rings. The zero-order valence-electron chi connectivity index (χ0n) is 17.0. The van der Waals surface area contributed by atoms with Crippen LogP contribution >= 0.6 is 11.6 Å². The van der Waals surface area contributed by atoms with E-state index in [0.717, 1.165) is 11.1 Å². The molecule has 3 N–H and O–H groups in total. The highest BCUT2D eigenvalue weighted by atomic mass is 35.5. The topological polar surface area (TPSA) is 98.3 Å². The van der Waals surface area contributed by atoms with Gasteiger partial charge in [-0.1, -0.05) is 41.9 Å². The number of carbonyl (C=O) groups excluding carboxylic acids is 1. The second-order valence-corrected chi connectivity index (χ2v) is 7.98. The van der Waals surface area contributed by atoms with E-state index < -0.39 is 11.6 Å². The monoisotopic (exact) mass is 428 g/mol. The van der Waals surface area contributed by atoms with Gasteiger partial charge < -0.3 is 20.5 Å². The summed E-state index contributed by atoms with van der Waals surface area (Å²) in [6.07, 6.45) is 0. The zero-order chi connectivity index (χ0) is 21.6. The molecule has 158 valence electrons. The summed E-state index contributed by atoms with van der Waals surface area (Å²) in [5.41, 5.74) is 7.25. The van der Waals surface area contributed by atoms with Crippen molar-refractivity contribution in [3.8, 4) is 0 Å². The lowest BCUT2D eigenvalue weighted by Crippen LogP contribution is -2.56. The van der Waals surface area contributed by atoms with E-state index in [4.69, 9.17) is 26.8 Å².